The lowest BCUT2D eigenvalue weighted by Gasteiger charge is -2.23. The molecule has 1 atom stereocenters. The maximum absolute atomic E-state index is 14.6. The minimum Gasteiger partial charge on any atom is -0.206 e. The molecule has 2 aromatic carbocycles. The van der Waals surface area contributed by atoms with Gasteiger partial charge in [-0.1, -0.05) is 6.92 Å². The standard InChI is InChI=1S/C17H13F5/c1-8-2-3-11-9(4-8)5-12(18)15(16(11)21)10-6-13(19)17(22)14(20)7-10/h5-8H,2-4H2,1H3. The van der Waals surface area contributed by atoms with Crippen LogP contribution in [-0.2, 0) is 12.8 Å². The Kier molecular flexibility index (Phi) is 3.67. The van der Waals surface area contributed by atoms with Crippen molar-refractivity contribution < 1.29 is 22.0 Å². The van der Waals surface area contributed by atoms with Crippen LogP contribution in [0.5, 0.6) is 0 Å². The second-order valence-corrected chi connectivity index (χ2v) is 5.79. The molecular weight excluding hydrogens is 299 g/mol. The number of hydrogen-bond acceptors (Lipinski definition) is 0. The first-order chi connectivity index (χ1) is 10.4. The van der Waals surface area contributed by atoms with Gasteiger partial charge in [0.1, 0.15) is 11.6 Å². The zero-order valence-electron chi connectivity index (χ0n) is 11.8. The van der Waals surface area contributed by atoms with Gasteiger partial charge in [0, 0.05) is 0 Å². The topological polar surface area (TPSA) is 0 Å². The third kappa shape index (κ3) is 2.38. The fraction of sp³-hybridized carbons (Fsp3) is 0.294. The molecule has 116 valence electrons. The molecule has 0 saturated carbocycles. The van der Waals surface area contributed by atoms with E-state index in [9.17, 15) is 22.0 Å². The number of benzene rings is 2. The van der Waals surface area contributed by atoms with E-state index in [0.717, 1.165) is 6.42 Å². The first kappa shape index (κ1) is 15.0. The summed E-state index contributed by atoms with van der Waals surface area (Å²) >= 11 is 0. The molecule has 22 heavy (non-hydrogen) atoms. The zero-order valence-corrected chi connectivity index (χ0v) is 11.8. The van der Waals surface area contributed by atoms with Crippen LogP contribution in [0.2, 0.25) is 0 Å². The molecule has 2 aromatic rings. The summed E-state index contributed by atoms with van der Waals surface area (Å²) in [7, 11) is 0. The highest BCUT2D eigenvalue weighted by Crippen LogP contribution is 2.36. The van der Waals surface area contributed by atoms with Gasteiger partial charge in [-0.3, -0.25) is 0 Å². The number of hydrogen-bond donors (Lipinski definition) is 0. The van der Waals surface area contributed by atoms with Gasteiger partial charge in [-0.2, -0.15) is 0 Å². The number of rotatable bonds is 1. The number of fused-ring (bicyclic) bond motifs is 1. The molecule has 5 heteroatoms. The molecule has 0 aromatic heterocycles. The van der Waals surface area contributed by atoms with Gasteiger partial charge in [0.25, 0.3) is 0 Å². The van der Waals surface area contributed by atoms with Gasteiger partial charge in [0.2, 0.25) is 0 Å². The van der Waals surface area contributed by atoms with Crippen LogP contribution in [0.3, 0.4) is 0 Å². The van der Waals surface area contributed by atoms with Crippen LogP contribution >= 0.6 is 0 Å². The highest BCUT2D eigenvalue weighted by atomic mass is 19.2. The molecule has 0 amide bonds. The molecule has 0 heterocycles. The minimum atomic E-state index is -1.66. The largest absolute Gasteiger partial charge is 0.206 e. The average Bonchev–Trinajstić information content (AvgIpc) is 2.44. The van der Waals surface area contributed by atoms with Crippen molar-refractivity contribution in [3.05, 3.63) is 58.4 Å². The second-order valence-electron chi connectivity index (χ2n) is 5.79. The van der Waals surface area contributed by atoms with Gasteiger partial charge in [-0.25, -0.2) is 22.0 Å². The summed E-state index contributed by atoms with van der Waals surface area (Å²) in [5, 5.41) is 0. The Morgan fingerprint density at radius 2 is 1.50 bits per heavy atom. The molecule has 0 aliphatic heterocycles. The van der Waals surface area contributed by atoms with Gasteiger partial charge in [-0.05, 0) is 60.1 Å². The summed E-state index contributed by atoms with van der Waals surface area (Å²) < 4.78 is 68.5. The Morgan fingerprint density at radius 1 is 0.864 bits per heavy atom. The second kappa shape index (κ2) is 5.38. The van der Waals surface area contributed by atoms with E-state index in [4.69, 9.17) is 0 Å². The van der Waals surface area contributed by atoms with E-state index in [1.807, 2.05) is 6.92 Å². The molecular formula is C17H13F5. The Balaban J connectivity index is 2.20. The van der Waals surface area contributed by atoms with Gasteiger partial charge >= 0.3 is 0 Å². The van der Waals surface area contributed by atoms with Crippen LogP contribution in [0.4, 0.5) is 22.0 Å². The molecule has 1 unspecified atom stereocenters. The highest BCUT2D eigenvalue weighted by molar-refractivity contribution is 5.67. The molecule has 0 fully saturated rings. The third-order valence-electron chi connectivity index (χ3n) is 4.14. The van der Waals surface area contributed by atoms with Crippen LogP contribution in [0.1, 0.15) is 24.5 Å². The minimum absolute atomic E-state index is 0.331. The van der Waals surface area contributed by atoms with Crippen LogP contribution in [0.25, 0.3) is 11.1 Å². The predicted molar refractivity (Wildman–Crippen MR) is 72.9 cm³/mol. The molecule has 0 nitrogen and oxygen atoms in total. The van der Waals surface area contributed by atoms with Crippen LogP contribution < -0.4 is 0 Å². The molecule has 1 aliphatic rings. The van der Waals surface area contributed by atoms with Crippen molar-refractivity contribution >= 4 is 0 Å². The molecule has 0 spiro atoms. The lowest BCUT2D eigenvalue weighted by atomic mass is 9.83. The predicted octanol–water partition coefficient (Wildman–Crippen LogP) is 5.17. The fourth-order valence-electron chi connectivity index (χ4n) is 2.99. The molecule has 3 rings (SSSR count). The van der Waals surface area contributed by atoms with Crippen molar-refractivity contribution in [3.8, 4) is 11.1 Å². The summed E-state index contributed by atoms with van der Waals surface area (Å²) in [5.74, 6) is -5.97. The van der Waals surface area contributed by atoms with Crippen molar-refractivity contribution in [2.45, 2.75) is 26.2 Å². The Bertz CT molecular complexity index is 728. The normalized spacial score (nSPS) is 17.5. The summed E-state index contributed by atoms with van der Waals surface area (Å²) in [6, 6.07) is 2.43. The average molecular weight is 312 g/mol. The first-order valence-electron chi connectivity index (χ1n) is 7.03. The van der Waals surface area contributed by atoms with Gasteiger partial charge in [0.05, 0.1) is 5.56 Å². The molecule has 1 aliphatic carbocycles. The summed E-state index contributed by atoms with van der Waals surface area (Å²) in [5.41, 5.74) is 0.110. The van der Waals surface area contributed by atoms with Crippen molar-refractivity contribution in [1.29, 1.82) is 0 Å². The van der Waals surface area contributed by atoms with Crippen LogP contribution in [0.15, 0.2) is 18.2 Å². The summed E-state index contributed by atoms with van der Waals surface area (Å²) in [4.78, 5) is 0. The van der Waals surface area contributed by atoms with Crippen LogP contribution in [0, 0.1) is 35.0 Å². The SMILES string of the molecule is CC1CCc2c(cc(F)c(-c3cc(F)c(F)c(F)c3)c2F)C1. The van der Waals surface area contributed by atoms with E-state index in [1.54, 1.807) is 0 Å². The van der Waals surface area contributed by atoms with Gasteiger partial charge in [0.15, 0.2) is 17.5 Å². The van der Waals surface area contributed by atoms with E-state index < -0.39 is 34.6 Å². The monoisotopic (exact) mass is 312 g/mol. The summed E-state index contributed by atoms with van der Waals surface area (Å²) in [6.07, 6.45) is 1.78. The smallest absolute Gasteiger partial charge is 0.194 e. The summed E-state index contributed by atoms with van der Waals surface area (Å²) in [6.45, 7) is 2.00. The molecule has 0 N–H and O–H groups in total. The van der Waals surface area contributed by atoms with Gasteiger partial charge < -0.3 is 0 Å². The highest BCUT2D eigenvalue weighted by Gasteiger charge is 2.25. The van der Waals surface area contributed by atoms with Gasteiger partial charge in [-0.15, -0.1) is 0 Å². The van der Waals surface area contributed by atoms with Crippen molar-refractivity contribution in [2.75, 3.05) is 0 Å². The lowest BCUT2D eigenvalue weighted by Crippen LogP contribution is -2.14. The molecule has 0 saturated heterocycles. The van der Waals surface area contributed by atoms with Crippen molar-refractivity contribution in [1.82, 2.24) is 0 Å². The molecule has 0 radical (unpaired) electrons. The van der Waals surface area contributed by atoms with E-state index in [2.05, 4.69) is 0 Å². The maximum atomic E-state index is 14.6. The quantitative estimate of drug-likeness (QED) is 0.503. The lowest BCUT2D eigenvalue weighted by molar-refractivity contribution is 0.447. The molecule has 0 bridgehead atoms. The van der Waals surface area contributed by atoms with E-state index in [-0.39, 0.29) is 5.56 Å². The third-order valence-corrected chi connectivity index (χ3v) is 4.14. The Morgan fingerprint density at radius 3 is 2.14 bits per heavy atom. The van der Waals surface area contributed by atoms with E-state index >= 15 is 0 Å². The maximum Gasteiger partial charge on any atom is 0.194 e. The Labute approximate surface area is 124 Å². The van der Waals surface area contributed by atoms with Crippen molar-refractivity contribution in [3.63, 3.8) is 0 Å². The van der Waals surface area contributed by atoms with Crippen LogP contribution in [-0.4, -0.2) is 0 Å². The Hall–Kier alpha value is -1.91. The van der Waals surface area contributed by atoms with E-state index in [0.29, 0.717) is 42.0 Å². The fourth-order valence-corrected chi connectivity index (χ4v) is 2.99. The zero-order chi connectivity index (χ0) is 16.0. The number of halogens is 5. The van der Waals surface area contributed by atoms with E-state index in [1.165, 1.54) is 6.07 Å². The first-order valence-corrected chi connectivity index (χ1v) is 7.03. The van der Waals surface area contributed by atoms with Crippen molar-refractivity contribution in [2.24, 2.45) is 5.92 Å².